The molecule has 7 nitrogen and oxygen atoms in total. The van der Waals surface area contributed by atoms with Crippen molar-refractivity contribution in [2.24, 2.45) is 0 Å². The average Bonchev–Trinajstić information content (AvgIpc) is 3.08. The molecular weight excluding hydrogens is 427 g/mol. The number of Topliss-reactive ketones (excluding diaryl/α,β-unsaturated/α-hetero) is 1. The molecule has 0 saturated carbocycles. The number of nitrogens with zero attached hydrogens (tertiary/aromatic N) is 2. The number of amides is 1. The molecule has 0 aliphatic carbocycles. The Balaban J connectivity index is 1.89. The van der Waals surface area contributed by atoms with Crippen molar-refractivity contribution in [2.75, 3.05) is 14.2 Å². The maximum atomic E-state index is 14.9. The molecule has 3 aromatic rings. The van der Waals surface area contributed by atoms with Crippen molar-refractivity contribution < 1.29 is 28.6 Å². The van der Waals surface area contributed by atoms with Crippen LogP contribution in [0.2, 0.25) is 0 Å². The average molecular weight is 448 g/mol. The fraction of sp³-hybridized carbons (Fsp3) is 0.160. The minimum absolute atomic E-state index is 0.0140. The second-order valence-electron chi connectivity index (χ2n) is 7.38. The smallest absolute Gasteiger partial charge is 0.295 e. The summed E-state index contributed by atoms with van der Waals surface area (Å²) < 4.78 is 25.4. The molecule has 4 rings (SSSR count). The third-order valence-electron chi connectivity index (χ3n) is 5.47. The quantitative estimate of drug-likeness (QED) is 0.350. The first kappa shape index (κ1) is 22.0. The molecule has 1 aliphatic heterocycles. The van der Waals surface area contributed by atoms with E-state index in [4.69, 9.17) is 9.47 Å². The molecule has 0 radical (unpaired) electrons. The van der Waals surface area contributed by atoms with Crippen LogP contribution in [0.4, 0.5) is 4.39 Å². The summed E-state index contributed by atoms with van der Waals surface area (Å²) in [5.74, 6) is -2.02. The van der Waals surface area contributed by atoms with Crippen molar-refractivity contribution in [3.63, 3.8) is 0 Å². The number of pyridine rings is 1. The molecule has 0 spiro atoms. The Hall–Kier alpha value is -4.20. The SMILES string of the molecule is COc1ccc(/C(O)=C2/C(=O)C(=O)N(Cc3cccnc3)C2c2ccccc2F)cc1OC. The third-order valence-corrected chi connectivity index (χ3v) is 5.47. The van der Waals surface area contributed by atoms with Crippen LogP contribution in [-0.4, -0.2) is 40.9 Å². The molecule has 2 aromatic carbocycles. The van der Waals surface area contributed by atoms with Crippen LogP contribution in [0.3, 0.4) is 0 Å². The van der Waals surface area contributed by atoms with E-state index in [1.165, 1.54) is 49.5 Å². The Morgan fingerprint density at radius 2 is 1.82 bits per heavy atom. The van der Waals surface area contributed by atoms with Crippen molar-refractivity contribution in [3.05, 3.63) is 95.1 Å². The lowest BCUT2D eigenvalue weighted by Gasteiger charge is -2.25. The van der Waals surface area contributed by atoms with Gasteiger partial charge in [0.05, 0.1) is 25.8 Å². The number of benzene rings is 2. The van der Waals surface area contributed by atoms with Gasteiger partial charge in [0.1, 0.15) is 11.6 Å². The first-order chi connectivity index (χ1) is 16.0. The molecule has 1 atom stereocenters. The molecule has 1 unspecified atom stereocenters. The third kappa shape index (κ3) is 4.03. The summed E-state index contributed by atoms with van der Waals surface area (Å²) >= 11 is 0. The lowest BCUT2D eigenvalue weighted by molar-refractivity contribution is -0.140. The van der Waals surface area contributed by atoms with Gasteiger partial charge >= 0.3 is 0 Å². The van der Waals surface area contributed by atoms with Gasteiger partial charge in [-0.3, -0.25) is 14.6 Å². The number of likely N-dealkylation sites (tertiary alicyclic amines) is 1. The van der Waals surface area contributed by atoms with Crippen molar-refractivity contribution >= 4 is 17.4 Å². The summed E-state index contributed by atoms with van der Waals surface area (Å²) in [4.78, 5) is 31.4. The van der Waals surface area contributed by atoms with Gasteiger partial charge in [-0.2, -0.15) is 0 Å². The molecule has 1 aliphatic rings. The number of halogens is 1. The zero-order valence-electron chi connectivity index (χ0n) is 18.0. The molecular formula is C25H21FN2O5. The van der Waals surface area contributed by atoms with Crippen molar-refractivity contribution in [1.82, 2.24) is 9.88 Å². The Morgan fingerprint density at radius 3 is 2.48 bits per heavy atom. The van der Waals surface area contributed by atoms with Gasteiger partial charge in [-0.25, -0.2) is 4.39 Å². The number of methoxy groups -OCH3 is 2. The molecule has 1 saturated heterocycles. The first-order valence-corrected chi connectivity index (χ1v) is 10.1. The minimum Gasteiger partial charge on any atom is -0.507 e. The highest BCUT2D eigenvalue weighted by Crippen LogP contribution is 2.42. The molecule has 33 heavy (non-hydrogen) atoms. The largest absolute Gasteiger partial charge is 0.507 e. The zero-order valence-corrected chi connectivity index (χ0v) is 18.0. The molecule has 0 bridgehead atoms. The van der Waals surface area contributed by atoms with Crippen LogP contribution in [0.1, 0.15) is 22.7 Å². The van der Waals surface area contributed by atoms with Gasteiger partial charge in [-0.05, 0) is 35.9 Å². The number of carbonyl (C=O) groups excluding carboxylic acids is 2. The predicted octanol–water partition coefficient (Wildman–Crippen LogP) is 3.86. The second-order valence-corrected chi connectivity index (χ2v) is 7.38. The normalized spacial score (nSPS) is 17.3. The monoisotopic (exact) mass is 448 g/mol. The van der Waals surface area contributed by atoms with Crippen LogP contribution < -0.4 is 9.47 Å². The molecule has 1 fully saturated rings. The predicted molar refractivity (Wildman–Crippen MR) is 118 cm³/mol. The summed E-state index contributed by atoms with van der Waals surface area (Å²) in [6, 6.07) is 12.8. The number of ketones is 1. The minimum atomic E-state index is -1.13. The van der Waals surface area contributed by atoms with E-state index in [1.807, 2.05) is 0 Å². The molecule has 1 aromatic heterocycles. The molecule has 8 heteroatoms. The van der Waals surface area contributed by atoms with Gasteiger partial charge in [0.25, 0.3) is 11.7 Å². The number of carbonyl (C=O) groups is 2. The summed E-state index contributed by atoms with van der Waals surface area (Å²) in [5.41, 5.74) is 0.782. The van der Waals surface area contributed by atoms with Crippen LogP contribution in [-0.2, 0) is 16.1 Å². The van der Waals surface area contributed by atoms with Gasteiger partial charge in [0.15, 0.2) is 11.5 Å². The summed E-state index contributed by atoms with van der Waals surface area (Å²) in [7, 11) is 2.91. The maximum absolute atomic E-state index is 14.9. The Kier molecular flexibility index (Phi) is 6.08. The summed E-state index contributed by atoms with van der Waals surface area (Å²) in [6.45, 7) is 0.0140. The van der Waals surface area contributed by atoms with Crippen LogP contribution in [0.5, 0.6) is 11.5 Å². The maximum Gasteiger partial charge on any atom is 0.295 e. The van der Waals surface area contributed by atoms with E-state index in [0.29, 0.717) is 17.1 Å². The Bertz CT molecular complexity index is 1240. The fourth-order valence-electron chi connectivity index (χ4n) is 3.89. The number of hydrogen-bond donors (Lipinski definition) is 1. The lowest BCUT2D eigenvalue weighted by atomic mass is 9.94. The molecule has 2 heterocycles. The topological polar surface area (TPSA) is 89.0 Å². The van der Waals surface area contributed by atoms with Gasteiger partial charge < -0.3 is 19.5 Å². The highest BCUT2D eigenvalue weighted by molar-refractivity contribution is 6.46. The van der Waals surface area contributed by atoms with Gasteiger partial charge in [-0.1, -0.05) is 24.3 Å². The van der Waals surface area contributed by atoms with Crippen molar-refractivity contribution in [3.8, 4) is 11.5 Å². The number of ether oxygens (including phenoxy) is 2. The number of aliphatic hydroxyl groups is 1. The van der Waals surface area contributed by atoms with Crippen LogP contribution in [0.15, 0.2) is 72.6 Å². The van der Waals surface area contributed by atoms with Crippen molar-refractivity contribution in [2.45, 2.75) is 12.6 Å². The first-order valence-electron chi connectivity index (χ1n) is 10.1. The van der Waals surface area contributed by atoms with E-state index >= 15 is 0 Å². The lowest BCUT2D eigenvalue weighted by Crippen LogP contribution is -2.29. The summed E-state index contributed by atoms with van der Waals surface area (Å²) in [6.07, 6.45) is 3.15. The van der Waals surface area contributed by atoms with Gasteiger partial charge in [0, 0.05) is 30.1 Å². The van der Waals surface area contributed by atoms with E-state index in [9.17, 15) is 19.1 Å². The summed E-state index contributed by atoms with van der Waals surface area (Å²) in [5, 5.41) is 11.1. The van der Waals surface area contributed by atoms with Gasteiger partial charge in [0.2, 0.25) is 0 Å². The van der Waals surface area contributed by atoms with Crippen LogP contribution in [0, 0.1) is 5.82 Å². The van der Waals surface area contributed by atoms with E-state index in [0.717, 1.165) is 0 Å². The Morgan fingerprint density at radius 1 is 1.06 bits per heavy atom. The number of aromatic nitrogens is 1. The van der Waals surface area contributed by atoms with Crippen molar-refractivity contribution in [1.29, 1.82) is 0 Å². The van der Waals surface area contributed by atoms with E-state index < -0.39 is 29.3 Å². The molecule has 168 valence electrons. The number of rotatable bonds is 6. The van der Waals surface area contributed by atoms with Crippen LogP contribution in [0.25, 0.3) is 5.76 Å². The highest BCUT2D eigenvalue weighted by Gasteiger charge is 2.47. The fourth-order valence-corrected chi connectivity index (χ4v) is 3.89. The van der Waals surface area contributed by atoms with E-state index in [-0.39, 0.29) is 23.2 Å². The van der Waals surface area contributed by atoms with Gasteiger partial charge in [-0.15, -0.1) is 0 Å². The standard InChI is InChI=1S/C25H21FN2O5/c1-32-19-10-9-16(12-20(19)33-2)23(29)21-22(17-7-3-4-8-18(17)26)28(25(31)24(21)30)14-15-6-5-11-27-13-15/h3-13,22,29H,14H2,1-2H3/b23-21-. The van der Waals surface area contributed by atoms with E-state index in [2.05, 4.69) is 4.98 Å². The van der Waals surface area contributed by atoms with E-state index in [1.54, 1.807) is 36.7 Å². The second kappa shape index (κ2) is 9.12. The van der Waals surface area contributed by atoms with Crippen LogP contribution >= 0.6 is 0 Å². The Labute approximate surface area is 189 Å². The number of hydrogen-bond acceptors (Lipinski definition) is 6. The molecule has 1 N–H and O–H groups in total. The highest BCUT2D eigenvalue weighted by atomic mass is 19.1. The number of aliphatic hydroxyl groups excluding tert-OH is 1. The zero-order chi connectivity index (χ0) is 23.5. The molecule has 1 amide bonds.